The maximum absolute atomic E-state index is 9.09. The molecular weight excluding hydrogens is 384 g/mol. The molecule has 0 saturated carbocycles. The van der Waals surface area contributed by atoms with Crippen LogP contribution in [0.1, 0.15) is 16.8 Å². The van der Waals surface area contributed by atoms with Crippen LogP contribution in [0.25, 0.3) is 5.69 Å². The van der Waals surface area contributed by atoms with Crippen molar-refractivity contribution < 1.29 is 0 Å². The van der Waals surface area contributed by atoms with Gasteiger partial charge in [0.05, 0.1) is 30.2 Å². The predicted octanol–water partition coefficient (Wildman–Crippen LogP) is 3.88. The lowest BCUT2D eigenvalue weighted by Gasteiger charge is -2.25. The molecule has 2 heterocycles. The van der Waals surface area contributed by atoms with E-state index in [4.69, 9.17) is 5.26 Å². The lowest BCUT2D eigenvalue weighted by Crippen LogP contribution is -2.32. The highest BCUT2D eigenvalue weighted by atomic mass is 15.2. The van der Waals surface area contributed by atoms with Gasteiger partial charge < -0.3 is 19.4 Å². The first-order valence-corrected chi connectivity index (χ1v) is 10.4. The number of hydrogen-bond acceptors (Lipinski definition) is 4. The highest BCUT2D eigenvalue weighted by Crippen LogP contribution is 2.18. The van der Waals surface area contributed by atoms with Gasteiger partial charge in [-0.3, -0.25) is 0 Å². The minimum absolute atomic E-state index is 0.671. The van der Waals surface area contributed by atoms with Crippen molar-refractivity contribution in [2.45, 2.75) is 13.1 Å². The molecule has 0 bridgehead atoms. The second-order valence-corrected chi connectivity index (χ2v) is 7.51. The Kier molecular flexibility index (Phi) is 6.46. The van der Waals surface area contributed by atoms with E-state index in [1.165, 1.54) is 11.3 Å². The molecule has 4 rings (SSSR count). The number of benzene rings is 2. The summed E-state index contributed by atoms with van der Waals surface area (Å²) >= 11 is 0. The molecule has 156 valence electrons. The van der Waals surface area contributed by atoms with Crippen molar-refractivity contribution in [1.82, 2.24) is 19.4 Å². The molecule has 2 aromatic heterocycles. The van der Waals surface area contributed by atoms with Gasteiger partial charge >= 0.3 is 0 Å². The third kappa shape index (κ3) is 5.21. The van der Waals surface area contributed by atoms with Gasteiger partial charge in [0, 0.05) is 56.6 Å². The van der Waals surface area contributed by atoms with Gasteiger partial charge in [-0.05, 0) is 54.1 Å². The monoisotopic (exact) mass is 410 g/mol. The summed E-state index contributed by atoms with van der Waals surface area (Å²) in [5.41, 5.74) is 5.33. The molecule has 1 N–H and O–H groups in total. The van der Waals surface area contributed by atoms with Gasteiger partial charge in [-0.15, -0.1) is 0 Å². The van der Waals surface area contributed by atoms with E-state index in [9.17, 15) is 0 Å². The summed E-state index contributed by atoms with van der Waals surface area (Å²) in [4.78, 5) is 6.54. The fraction of sp³-hybridized carbons (Fsp3) is 0.200. The van der Waals surface area contributed by atoms with Gasteiger partial charge in [0.2, 0.25) is 0 Å². The van der Waals surface area contributed by atoms with Gasteiger partial charge in [-0.25, -0.2) is 4.98 Å². The summed E-state index contributed by atoms with van der Waals surface area (Å²) in [6.45, 7) is 3.25. The quantitative estimate of drug-likeness (QED) is 0.426. The summed E-state index contributed by atoms with van der Waals surface area (Å²) in [6, 6.07) is 22.6. The van der Waals surface area contributed by atoms with Crippen LogP contribution in [-0.2, 0) is 20.1 Å². The fourth-order valence-electron chi connectivity index (χ4n) is 3.56. The number of aryl methyl sites for hydroxylation is 1. The van der Waals surface area contributed by atoms with Gasteiger partial charge in [-0.2, -0.15) is 5.26 Å². The Labute approximate surface area is 183 Å². The number of hydrogen-bond donors (Lipinski definition) is 1. The third-order valence-electron chi connectivity index (χ3n) is 5.33. The summed E-state index contributed by atoms with van der Waals surface area (Å²) in [6.07, 6.45) is 7.83. The fourth-order valence-corrected chi connectivity index (χ4v) is 3.56. The average molecular weight is 411 g/mol. The minimum atomic E-state index is 0.671. The zero-order valence-corrected chi connectivity index (χ0v) is 17.6. The zero-order valence-electron chi connectivity index (χ0n) is 17.6. The number of nitrogens with zero attached hydrogens (tertiary/aromatic N) is 5. The Hall–Kier alpha value is -3.82. The van der Waals surface area contributed by atoms with Gasteiger partial charge in [0.1, 0.15) is 0 Å². The van der Waals surface area contributed by atoms with Crippen LogP contribution in [-0.4, -0.2) is 27.2 Å². The standard InChI is InChI=1S/C25H26N6/c1-29-20-28-18-25(29)19-31(23-9-7-21(16-26)8-10-23)14-11-27-17-22-5-4-6-24(15-22)30-12-2-3-13-30/h2-10,12-13,15,18,20,27H,11,14,17,19H2,1H3. The molecule has 4 aromatic rings. The Bertz CT molecular complexity index is 1140. The predicted molar refractivity (Wildman–Crippen MR) is 123 cm³/mol. The SMILES string of the molecule is Cn1cncc1CN(CCNCc1cccc(-n2cccc2)c1)c1ccc(C#N)cc1. The number of imidazole rings is 1. The van der Waals surface area contributed by atoms with E-state index in [0.717, 1.165) is 37.6 Å². The van der Waals surface area contributed by atoms with Crippen LogP contribution in [0.4, 0.5) is 5.69 Å². The Morgan fingerprint density at radius 2 is 1.87 bits per heavy atom. The largest absolute Gasteiger partial charge is 0.364 e. The summed E-state index contributed by atoms with van der Waals surface area (Å²) in [5, 5.41) is 12.7. The molecular formula is C25H26N6. The molecule has 31 heavy (non-hydrogen) atoms. The Balaban J connectivity index is 1.39. The molecule has 0 fully saturated rings. The van der Waals surface area contributed by atoms with E-state index in [1.54, 1.807) is 0 Å². The van der Waals surface area contributed by atoms with Gasteiger partial charge in [0.25, 0.3) is 0 Å². The molecule has 0 saturated heterocycles. The van der Waals surface area contributed by atoms with Crippen LogP contribution in [0, 0.1) is 11.3 Å². The van der Waals surface area contributed by atoms with Crippen LogP contribution in [0.5, 0.6) is 0 Å². The van der Waals surface area contributed by atoms with E-state index >= 15 is 0 Å². The second kappa shape index (κ2) is 9.79. The number of nitriles is 1. The number of nitrogens with one attached hydrogen (secondary N) is 1. The van der Waals surface area contributed by atoms with Crippen molar-refractivity contribution in [2.24, 2.45) is 7.05 Å². The van der Waals surface area contributed by atoms with Crippen molar-refractivity contribution >= 4 is 5.69 Å². The second-order valence-electron chi connectivity index (χ2n) is 7.51. The molecule has 0 aliphatic carbocycles. The van der Waals surface area contributed by atoms with Crippen molar-refractivity contribution in [2.75, 3.05) is 18.0 Å². The lowest BCUT2D eigenvalue weighted by molar-refractivity contribution is 0.647. The molecule has 6 nitrogen and oxygen atoms in total. The molecule has 0 atom stereocenters. The number of rotatable bonds is 9. The first kappa shape index (κ1) is 20.5. The molecule has 0 unspecified atom stereocenters. The van der Waals surface area contributed by atoms with Crippen LogP contribution >= 0.6 is 0 Å². The molecule has 0 aliphatic heterocycles. The minimum Gasteiger partial charge on any atom is -0.364 e. The highest BCUT2D eigenvalue weighted by molar-refractivity contribution is 5.50. The third-order valence-corrected chi connectivity index (χ3v) is 5.33. The Morgan fingerprint density at radius 3 is 2.58 bits per heavy atom. The lowest BCUT2D eigenvalue weighted by atomic mass is 10.2. The molecule has 0 amide bonds. The first-order valence-electron chi connectivity index (χ1n) is 10.4. The van der Waals surface area contributed by atoms with Crippen molar-refractivity contribution in [3.8, 4) is 11.8 Å². The number of anilines is 1. The first-order chi connectivity index (χ1) is 15.2. The molecule has 6 heteroatoms. The maximum Gasteiger partial charge on any atom is 0.0991 e. The molecule has 0 radical (unpaired) electrons. The van der Waals surface area contributed by atoms with Crippen LogP contribution in [0.2, 0.25) is 0 Å². The summed E-state index contributed by atoms with van der Waals surface area (Å²) in [7, 11) is 2.01. The highest BCUT2D eigenvalue weighted by Gasteiger charge is 2.10. The molecule has 0 aliphatic rings. The molecule has 0 spiro atoms. The zero-order chi connectivity index (χ0) is 21.5. The van der Waals surface area contributed by atoms with E-state index < -0.39 is 0 Å². The van der Waals surface area contributed by atoms with Crippen LogP contribution in [0.15, 0.2) is 85.6 Å². The van der Waals surface area contributed by atoms with Crippen LogP contribution in [0.3, 0.4) is 0 Å². The van der Waals surface area contributed by atoms with Crippen molar-refractivity contribution in [1.29, 1.82) is 5.26 Å². The number of aromatic nitrogens is 3. The van der Waals surface area contributed by atoms with Gasteiger partial charge in [0.15, 0.2) is 0 Å². The summed E-state index contributed by atoms with van der Waals surface area (Å²) < 4.78 is 4.15. The van der Waals surface area contributed by atoms with E-state index in [2.05, 4.69) is 62.5 Å². The van der Waals surface area contributed by atoms with Crippen molar-refractivity contribution in [3.63, 3.8) is 0 Å². The van der Waals surface area contributed by atoms with E-state index in [-0.39, 0.29) is 0 Å². The normalized spacial score (nSPS) is 10.7. The Morgan fingerprint density at radius 1 is 1.06 bits per heavy atom. The maximum atomic E-state index is 9.09. The summed E-state index contributed by atoms with van der Waals surface area (Å²) in [5.74, 6) is 0. The topological polar surface area (TPSA) is 61.8 Å². The van der Waals surface area contributed by atoms with Crippen LogP contribution < -0.4 is 10.2 Å². The average Bonchev–Trinajstić information content (AvgIpc) is 3.48. The van der Waals surface area contributed by atoms with E-state index in [0.29, 0.717) is 5.56 Å². The molecule has 2 aromatic carbocycles. The van der Waals surface area contributed by atoms with Crippen molar-refractivity contribution in [3.05, 3.63) is 102 Å². The smallest absolute Gasteiger partial charge is 0.0991 e. The van der Waals surface area contributed by atoms with Gasteiger partial charge in [-0.1, -0.05) is 12.1 Å². The van der Waals surface area contributed by atoms with E-state index in [1.807, 2.05) is 60.5 Å².